The van der Waals surface area contributed by atoms with Gasteiger partial charge in [-0.15, -0.1) is 13.2 Å². The molecule has 0 spiro atoms. The monoisotopic (exact) mass is 373 g/mol. The van der Waals surface area contributed by atoms with Crippen molar-refractivity contribution in [2.75, 3.05) is 0 Å². The molecule has 0 bridgehead atoms. The van der Waals surface area contributed by atoms with Crippen LogP contribution >= 0.6 is 15.9 Å². The van der Waals surface area contributed by atoms with Gasteiger partial charge in [-0.1, -0.05) is 15.9 Å². The number of hydrogen-bond acceptors (Lipinski definition) is 2. The van der Waals surface area contributed by atoms with E-state index in [4.69, 9.17) is 0 Å². The molecule has 11 heteroatoms. The predicted molar refractivity (Wildman–Crippen MR) is 53.5 cm³/mol. The second-order valence-corrected chi connectivity index (χ2v) is 3.91. The number of rotatable bonds is 3. The summed E-state index contributed by atoms with van der Waals surface area (Å²) in [5.74, 6) is -1.29. The maximum Gasteiger partial charge on any atom is 0.573 e. The zero-order valence-corrected chi connectivity index (χ0v) is 10.7. The molecule has 2 nitrogen and oxygen atoms in total. The van der Waals surface area contributed by atoms with E-state index in [0.29, 0.717) is 0 Å². The quantitative estimate of drug-likeness (QED) is 0.559. The first-order valence-corrected chi connectivity index (χ1v) is 5.78. The summed E-state index contributed by atoms with van der Waals surface area (Å²) >= 11 is 2.64. The number of alkyl halides is 9. The summed E-state index contributed by atoms with van der Waals surface area (Å²) in [6, 6.07) is -0.140. The van der Waals surface area contributed by atoms with E-state index in [2.05, 4.69) is 25.7 Å². The third-order valence-corrected chi connectivity index (χ3v) is 2.49. The van der Waals surface area contributed by atoms with E-state index in [-0.39, 0.29) is 6.07 Å². The number of pyridine rings is 1. The van der Waals surface area contributed by atoms with Crippen LogP contribution in [0.5, 0.6) is 5.75 Å². The smallest absolute Gasteiger partial charge is 0.404 e. The summed E-state index contributed by atoms with van der Waals surface area (Å²) in [5, 5.41) is -0.490. The van der Waals surface area contributed by atoms with Gasteiger partial charge >= 0.3 is 12.5 Å². The summed E-state index contributed by atoms with van der Waals surface area (Å²) in [6.07, 6.45) is -14.1. The molecule has 0 aliphatic heterocycles. The van der Waals surface area contributed by atoms with Gasteiger partial charge in [0, 0.05) is 5.33 Å². The molecule has 0 atom stereocenters. The fraction of sp³-hybridized carbons (Fsp3) is 0.444. The number of halogens is 9. The fourth-order valence-corrected chi connectivity index (χ4v) is 1.65. The van der Waals surface area contributed by atoms with Gasteiger partial charge in [0.25, 0.3) is 6.43 Å². The van der Waals surface area contributed by atoms with Crippen molar-refractivity contribution in [3.63, 3.8) is 0 Å². The Hall–Kier alpha value is -1.13. The Balaban J connectivity index is 3.46. The van der Waals surface area contributed by atoms with Crippen LogP contribution in [0, 0.1) is 0 Å². The minimum absolute atomic E-state index is 0.140. The Kier molecular flexibility index (Phi) is 4.82. The second kappa shape index (κ2) is 5.70. The molecule has 0 saturated carbocycles. The Morgan fingerprint density at radius 1 is 1.15 bits per heavy atom. The van der Waals surface area contributed by atoms with E-state index in [1.807, 2.05) is 0 Å². The average molecular weight is 374 g/mol. The van der Waals surface area contributed by atoms with Crippen LogP contribution in [0.1, 0.15) is 23.4 Å². The van der Waals surface area contributed by atoms with Crippen LogP contribution in [0.25, 0.3) is 0 Å². The third-order valence-electron chi connectivity index (χ3n) is 1.96. The van der Waals surface area contributed by atoms with Crippen LogP contribution in [0.2, 0.25) is 0 Å². The van der Waals surface area contributed by atoms with Crippen LogP contribution in [-0.4, -0.2) is 11.3 Å². The molecular formula is C9H4BrF8NO. The van der Waals surface area contributed by atoms with Crippen molar-refractivity contribution in [1.29, 1.82) is 0 Å². The standard InChI is InChI=1S/C9H4BrF8NO/c10-2-4-5(20-9(16,17)18)1-3(8(13,14)15)6(19-4)7(11)12/h1,7H,2H2. The van der Waals surface area contributed by atoms with Crippen molar-refractivity contribution in [2.24, 2.45) is 0 Å². The number of aromatic nitrogens is 1. The van der Waals surface area contributed by atoms with Crippen LogP contribution < -0.4 is 4.74 Å². The van der Waals surface area contributed by atoms with E-state index in [1.54, 1.807) is 0 Å². The van der Waals surface area contributed by atoms with Crippen LogP contribution in [0.3, 0.4) is 0 Å². The van der Waals surface area contributed by atoms with E-state index in [0.717, 1.165) is 0 Å². The normalized spacial score (nSPS) is 12.9. The van der Waals surface area contributed by atoms with Gasteiger partial charge in [-0.2, -0.15) is 13.2 Å². The first-order valence-electron chi connectivity index (χ1n) is 4.66. The highest BCUT2D eigenvalue weighted by molar-refractivity contribution is 9.08. The summed E-state index contributed by atoms with van der Waals surface area (Å²) in [5.41, 5.74) is -4.34. The first kappa shape index (κ1) is 16.9. The topological polar surface area (TPSA) is 22.1 Å². The van der Waals surface area contributed by atoms with Gasteiger partial charge in [0.05, 0.1) is 11.3 Å². The number of ether oxygens (including phenoxy) is 1. The first-order chi connectivity index (χ1) is 8.95. The molecule has 0 saturated heterocycles. The number of hydrogen-bond donors (Lipinski definition) is 0. The molecule has 0 radical (unpaired) electrons. The highest BCUT2D eigenvalue weighted by Crippen LogP contribution is 2.39. The Morgan fingerprint density at radius 2 is 1.70 bits per heavy atom. The largest absolute Gasteiger partial charge is 0.573 e. The molecule has 0 unspecified atom stereocenters. The summed E-state index contributed by atoms with van der Waals surface area (Å²) in [4.78, 5) is 2.90. The average Bonchev–Trinajstić information content (AvgIpc) is 2.24. The van der Waals surface area contributed by atoms with E-state index < -0.39 is 47.0 Å². The molecule has 0 N–H and O–H groups in total. The molecule has 0 aliphatic rings. The van der Waals surface area contributed by atoms with Crippen molar-refractivity contribution in [3.05, 3.63) is 23.0 Å². The van der Waals surface area contributed by atoms with Crippen molar-refractivity contribution < 1.29 is 39.9 Å². The van der Waals surface area contributed by atoms with Crippen molar-refractivity contribution in [3.8, 4) is 5.75 Å². The highest BCUT2D eigenvalue weighted by atomic mass is 79.9. The zero-order valence-electron chi connectivity index (χ0n) is 9.12. The maximum absolute atomic E-state index is 12.5. The van der Waals surface area contributed by atoms with E-state index >= 15 is 0 Å². The van der Waals surface area contributed by atoms with Gasteiger partial charge < -0.3 is 4.74 Å². The zero-order chi connectivity index (χ0) is 15.7. The molecule has 0 amide bonds. The molecule has 0 aromatic carbocycles. The summed E-state index contributed by atoms with van der Waals surface area (Å²) in [6.45, 7) is 0. The van der Waals surface area contributed by atoms with Crippen molar-refractivity contribution in [2.45, 2.75) is 24.3 Å². The van der Waals surface area contributed by atoms with Crippen LogP contribution in [0.15, 0.2) is 6.07 Å². The molecule has 20 heavy (non-hydrogen) atoms. The Morgan fingerprint density at radius 3 is 2.05 bits per heavy atom. The molecule has 114 valence electrons. The molecule has 1 heterocycles. The lowest BCUT2D eigenvalue weighted by Crippen LogP contribution is -2.20. The van der Waals surface area contributed by atoms with Crippen molar-refractivity contribution >= 4 is 15.9 Å². The maximum atomic E-state index is 12.5. The van der Waals surface area contributed by atoms with Gasteiger partial charge in [0.15, 0.2) is 5.75 Å². The second-order valence-electron chi connectivity index (χ2n) is 3.35. The lowest BCUT2D eigenvalue weighted by atomic mass is 10.1. The molecule has 0 aliphatic carbocycles. The molecule has 0 fully saturated rings. The molecule has 1 aromatic rings. The fourth-order valence-electron chi connectivity index (χ4n) is 1.25. The molecular weight excluding hydrogens is 370 g/mol. The summed E-state index contributed by atoms with van der Waals surface area (Å²) < 4.78 is 102. The van der Waals surface area contributed by atoms with Gasteiger partial charge in [-0.05, 0) is 6.07 Å². The van der Waals surface area contributed by atoms with Gasteiger partial charge in [0.2, 0.25) is 0 Å². The highest BCUT2D eigenvalue weighted by Gasteiger charge is 2.40. The SMILES string of the molecule is FC(F)c1nc(CBr)c(OC(F)(F)F)cc1C(F)(F)F. The predicted octanol–water partition coefficient (Wildman–Crippen LogP) is 4.83. The van der Waals surface area contributed by atoms with Crippen LogP contribution in [0.4, 0.5) is 35.1 Å². The van der Waals surface area contributed by atoms with E-state index in [1.165, 1.54) is 0 Å². The number of nitrogens with zero attached hydrogens (tertiary/aromatic N) is 1. The lowest BCUT2D eigenvalue weighted by Gasteiger charge is -2.17. The van der Waals surface area contributed by atoms with Crippen LogP contribution in [-0.2, 0) is 11.5 Å². The Labute approximate surface area is 114 Å². The van der Waals surface area contributed by atoms with Gasteiger partial charge in [-0.3, -0.25) is 0 Å². The Bertz CT molecular complexity index is 484. The molecule has 1 aromatic heterocycles. The van der Waals surface area contributed by atoms with Gasteiger partial charge in [0.1, 0.15) is 5.69 Å². The minimum Gasteiger partial charge on any atom is -0.404 e. The van der Waals surface area contributed by atoms with E-state index in [9.17, 15) is 35.1 Å². The molecule has 1 rings (SSSR count). The minimum atomic E-state index is -5.28. The van der Waals surface area contributed by atoms with Crippen molar-refractivity contribution in [1.82, 2.24) is 4.98 Å². The lowest BCUT2D eigenvalue weighted by molar-refractivity contribution is -0.275. The third kappa shape index (κ3) is 4.18. The summed E-state index contributed by atoms with van der Waals surface area (Å²) in [7, 11) is 0. The van der Waals surface area contributed by atoms with Gasteiger partial charge in [-0.25, -0.2) is 13.8 Å².